The van der Waals surface area contributed by atoms with Crippen LogP contribution in [0, 0.1) is 17.8 Å². The van der Waals surface area contributed by atoms with E-state index < -0.39 is 0 Å². The van der Waals surface area contributed by atoms with Crippen LogP contribution in [0.3, 0.4) is 0 Å². The molecule has 0 nitrogen and oxygen atoms in total. The first-order chi connectivity index (χ1) is 5.46. The number of halogens is 2. The van der Waals surface area contributed by atoms with Gasteiger partial charge in [-0.15, -0.1) is 0 Å². The Labute approximate surface area is 108 Å². The summed E-state index contributed by atoms with van der Waals surface area (Å²) < 4.78 is 1.56. The summed E-state index contributed by atoms with van der Waals surface area (Å²) in [7, 11) is 0. The molecule has 1 aliphatic carbocycles. The van der Waals surface area contributed by atoms with E-state index in [1.165, 1.54) is 0 Å². The van der Waals surface area contributed by atoms with Gasteiger partial charge >= 0.3 is 0 Å². The summed E-state index contributed by atoms with van der Waals surface area (Å²) in [4.78, 5) is 0. The maximum atomic E-state index is 4.70. The Morgan fingerprint density at radius 3 is 1.83 bits per heavy atom. The standard InChI is InChI=1S/C9H16I2S/c1-4-5(2)9(12)8(11)6(3)7(4)10/h4-9,12H,1-3H3. The van der Waals surface area contributed by atoms with Crippen molar-refractivity contribution in [3.8, 4) is 0 Å². The van der Waals surface area contributed by atoms with E-state index >= 15 is 0 Å². The normalized spacial score (nSPS) is 55.5. The molecular weight excluding hydrogens is 394 g/mol. The van der Waals surface area contributed by atoms with Crippen LogP contribution in [0.25, 0.3) is 0 Å². The summed E-state index contributed by atoms with van der Waals surface area (Å²) >= 11 is 9.88. The summed E-state index contributed by atoms with van der Waals surface area (Å²) in [5.74, 6) is 2.38. The molecule has 1 saturated carbocycles. The lowest BCUT2D eigenvalue weighted by atomic mass is 9.76. The van der Waals surface area contributed by atoms with Gasteiger partial charge < -0.3 is 0 Å². The molecule has 0 amide bonds. The third kappa shape index (κ3) is 2.07. The highest BCUT2D eigenvalue weighted by atomic mass is 127. The molecule has 0 radical (unpaired) electrons. The Morgan fingerprint density at radius 1 is 0.833 bits per heavy atom. The molecule has 12 heavy (non-hydrogen) atoms. The minimum atomic E-state index is 0.585. The number of rotatable bonds is 0. The molecule has 0 N–H and O–H groups in total. The second kappa shape index (κ2) is 4.55. The second-order valence-electron chi connectivity index (χ2n) is 3.96. The molecule has 1 rings (SSSR count). The summed E-state index contributed by atoms with van der Waals surface area (Å²) in [6, 6.07) is 0. The van der Waals surface area contributed by atoms with Crippen LogP contribution in [0.1, 0.15) is 20.8 Å². The quantitative estimate of drug-likeness (QED) is 0.351. The van der Waals surface area contributed by atoms with Gasteiger partial charge in [0.2, 0.25) is 0 Å². The zero-order valence-corrected chi connectivity index (χ0v) is 12.9. The van der Waals surface area contributed by atoms with Gasteiger partial charge in [-0.1, -0.05) is 66.0 Å². The Hall–Kier alpha value is 1.81. The van der Waals surface area contributed by atoms with Gasteiger partial charge in [-0.05, 0) is 17.8 Å². The Bertz CT molecular complexity index is 104. The van der Waals surface area contributed by atoms with Crippen LogP contribution < -0.4 is 0 Å². The van der Waals surface area contributed by atoms with Crippen LogP contribution in [0.4, 0.5) is 0 Å². The molecule has 1 fully saturated rings. The van der Waals surface area contributed by atoms with Gasteiger partial charge in [-0.25, -0.2) is 0 Å². The molecule has 0 spiro atoms. The van der Waals surface area contributed by atoms with Gasteiger partial charge in [-0.2, -0.15) is 12.6 Å². The fourth-order valence-electron chi connectivity index (χ4n) is 1.86. The lowest BCUT2D eigenvalue weighted by Crippen LogP contribution is -2.45. The van der Waals surface area contributed by atoms with E-state index in [-0.39, 0.29) is 0 Å². The molecule has 0 aromatic heterocycles. The Kier molecular flexibility index (Phi) is 4.51. The first kappa shape index (κ1) is 11.9. The first-order valence-electron chi connectivity index (χ1n) is 4.43. The number of hydrogen-bond acceptors (Lipinski definition) is 1. The van der Waals surface area contributed by atoms with E-state index in [9.17, 15) is 0 Å². The first-order valence-corrected chi connectivity index (χ1v) is 7.43. The monoisotopic (exact) mass is 410 g/mol. The second-order valence-corrected chi connectivity index (χ2v) is 7.43. The van der Waals surface area contributed by atoms with E-state index in [1.807, 2.05) is 0 Å². The van der Waals surface area contributed by atoms with Crippen LogP contribution in [0.15, 0.2) is 0 Å². The molecule has 72 valence electrons. The number of hydrogen-bond donors (Lipinski definition) is 1. The molecule has 0 heterocycles. The minimum absolute atomic E-state index is 0.585. The van der Waals surface area contributed by atoms with Gasteiger partial charge in [0.05, 0.1) is 0 Å². The van der Waals surface area contributed by atoms with Crippen molar-refractivity contribution >= 4 is 57.8 Å². The summed E-state index contributed by atoms with van der Waals surface area (Å²) in [6.45, 7) is 7.06. The van der Waals surface area contributed by atoms with Crippen LogP contribution in [0.2, 0.25) is 0 Å². The molecule has 6 atom stereocenters. The van der Waals surface area contributed by atoms with Crippen molar-refractivity contribution in [1.82, 2.24) is 0 Å². The van der Waals surface area contributed by atoms with Crippen molar-refractivity contribution in [1.29, 1.82) is 0 Å². The topological polar surface area (TPSA) is 0 Å². The lowest BCUT2D eigenvalue weighted by Gasteiger charge is -2.43. The fourth-order valence-corrected chi connectivity index (χ4v) is 5.40. The van der Waals surface area contributed by atoms with Crippen molar-refractivity contribution in [3.63, 3.8) is 0 Å². The largest absolute Gasteiger partial charge is 0.175 e. The average Bonchev–Trinajstić information content (AvgIpc) is 2.08. The molecular formula is C9H16I2S. The maximum absolute atomic E-state index is 4.70. The number of thiol groups is 1. The maximum Gasteiger partial charge on any atom is 0.0264 e. The van der Waals surface area contributed by atoms with Gasteiger partial charge in [0, 0.05) is 13.1 Å². The van der Waals surface area contributed by atoms with Crippen molar-refractivity contribution in [2.75, 3.05) is 0 Å². The molecule has 3 heteroatoms. The SMILES string of the molecule is CC1C(C)C(I)C(C)C(I)C1S. The zero-order valence-electron chi connectivity index (χ0n) is 7.67. The zero-order chi connectivity index (χ0) is 9.46. The van der Waals surface area contributed by atoms with Gasteiger partial charge in [0.1, 0.15) is 0 Å². The molecule has 0 aromatic rings. The predicted octanol–water partition coefficient (Wildman–Crippen LogP) is 3.81. The minimum Gasteiger partial charge on any atom is -0.175 e. The highest BCUT2D eigenvalue weighted by molar-refractivity contribution is 14.1. The average molecular weight is 410 g/mol. The fraction of sp³-hybridized carbons (Fsp3) is 1.00. The van der Waals surface area contributed by atoms with Crippen molar-refractivity contribution in [3.05, 3.63) is 0 Å². The van der Waals surface area contributed by atoms with Crippen LogP contribution >= 0.6 is 57.8 Å². The van der Waals surface area contributed by atoms with Crippen molar-refractivity contribution < 1.29 is 0 Å². The smallest absolute Gasteiger partial charge is 0.0264 e. The van der Waals surface area contributed by atoms with E-state index in [0.717, 1.165) is 25.6 Å². The van der Waals surface area contributed by atoms with Crippen LogP contribution in [-0.4, -0.2) is 13.1 Å². The Balaban J connectivity index is 2.76. The lowest BCUT2D eigenvalue weighted by molar-refractivity contribution is 0.264. The van der Waals surface area contributed by atoms with Crippen molar-refractivity contribution in [2.24, 2.45) is 17.8 Å². The molecule has 0 saturated heterocycles. The Morgan fingerprint density at radius 2 is 1.33 bits per heavy atom. The van der Waals surface area contributed by atoms with E-state index in [4.69, 9.17) is 12.6 Å². The van der Waals surface area contributed by atoms with E-state index in [1.54, 1.807) is 0 Å². The van der Waals surface area contributed by atoms with E-state index in [0.29, 0.717) is 5.25 Å². The molecule has 0 bridgehead atoms. The molecule has 0 aliphatic heterocycles. The number of alkyl halides is 2. The summed E-state index contributed by atoms with van der Waals surface area (Å²) in [5.41, 5.74) is 0. The molecule has 0 aromatic carbocycles. The van der Waals surface area contributed by atoms with Gasteiger partial charge in [0.15, 0.2) is 0 Å². The van der Waals surface area contributed by atoms with Crippen LogP contribution in [0.5, 0.6) is 0 Å². The molecule has 1 aliphatic rings. The molecule has 6 unspecified atom stereocenters. The van der Waals surface area contributed by atoms with E-state index in [2.05, 4.69) is 66.0 Å². The van der Waals surface area contributed by atoms with Crippen LogP contribution in [-0.2, 0) is 0 Å². The third-order valence-electron chi connectivity index (χ3n) is 3.20. The van der Waals surface area contributed by atoms with Crippen molar-refractivity contribution in [2.45, 2.75) is 33.9 Å². The highest BCUT2D eigenvalue weighted by Crippen LogP contribution is 2.43. The predicted molar refractivity (Wildman–Crippen MR) is 75.9 cm³/mol. The third-order valence-corrected chi connectivity index (χ3v) is 8.74. The highest BCUT2D eigenvalue weighted by Gasteiger charge is 2.41. The van der Waals surface area contributed by atoms with Gasteiger partial charge in [-0.3, -0.25) is 0 Å². The summed E-state index contributed by atoms with van der Waals surface area (Å²) in [6.07, 6.45) is 0. The van der Waals surface area contributed by atoms with Gasteiger partial charge in [0.25, 0.3) is 0 Å². The summed E-state index contributed by atoms with van der Waals surface area (Å²) in [5, 5.41) is 0.585.